The molecule has 0 unspecified atom stereocenters. The largest absolute Gasteiger partial charge is 0.345 e. The number of halogens is 2. The van der Waals surface area contributed by atoms with E-state index in [1.807, 2.05) is 35.9 Å². The molecule has 0 fully saturated rings. The minimum absolute atomic E-state index is 0.572. The van der Waals surface area contributed by atoms with Crippen molar-refractivity contribution >= 4 is 40.4 Å². The van der Waals surface area contributed by atoms with Gasteiger partial charge in [0.25, 0.3) is 0 Å². The summed E-state index contributed by atoms with van der Waals surface area (Å²) >= 11 is 11.7. The summed E-state index contributed by atoms with van der Waals surface area (Å²) in [5.41, 5.74) is 2.18. The van der Waals surface area contributed by atoms with Gasteiger partial charge in [-0.15, -0.1) is 0 Å². The maximum Gasteiger partial charge on any atom is 0.152 e. The molecule has 78 valence electrons. The zero-order chi connectivity index (χ0) is 11.0. The highest BCUT2D eigenvalue weighted by molar-refractivity contribution is 6.44. The van der Waals surface area contributed by atoms with Crippen LogP contribution < -0.4 is 0 Å². The monoisotopic (exact) mass is 241 g/mol. The first-order chi connectivity index (χ1) is 7.16. The maximum absolute atomic E-state index is 11.0. The zero-order valence-electron chi connectivity index (χ0n) is 8.08. The molecule has 0 atom stereocenters. The molecular weight excluding hydrogens is 233 g/mol. The number of hydrogen-bond donors (Lipinski definition) is 0. The third kappa shape index (κ3) is 1.54. The van der Waals surface area contributed by atoms with Crippen molar-refractivity contribution < 1.29 is 4.79 Å². The maximum atomic E-state index is 11.0. The fraction of sp³-hybridized carbons (Fsp3) is 0.182. The number of aromatic nitrogens is 1. The van der Waals surface area contributed by atoms with Gasteiger partial charge in [0.1, 0.15) is 4.84 Å². The van der Waals surface area contributed by atoms with Gasteiger partial charge in [-0.1, -0.05) is 41.4 Å². The van der Waals surface area contributed by atoms with Crippen molar-refractivity contribution in [3.63, 3.8) is 0 Å². The lowest BCUT2D eigenvalue weighted by molar-refractivity contribution is 0.112. The van der Waals surface area contributed by atoms with Crippen molar-refractivity contribution in [1.29, 1.82) is 0 Å². The molecule has 15 heavy (non-hydrogen) atoms. The lowest BCUT2D eigenvalue weighted by Crippen LogP contribution is -1.97. The van der Waals surface area contributed by atoms with E-state index in [1.165, 1.54) is 0 Å². The number of fused-ring (bicyclic) bond motifs is 1. The number of hydrogen-bond acceptors (Lipinski definition) is 1. The Hall–Kier alpha value is -0.990. The van der Waals surface area contributed by atoms with Crippen LogP contribution in [0.2, 0.25) is 0 Å². The van der Waals surface area contributed by atoms with E-state index >= 15 is 0 Å². The van der Waals surface area contributed by atoms with Gasteiger partial charge in [0, 0.05) is 23.5 Å². The molecular formula is C11H9Cl2NO. The van der Waals surface area contributed by atoms with Crippen molar-refractivity contribution in [2.45, 2.75) is 4.84 Å². The summed E-state index contributed by atoms with van der Waals surface area (Å²) in [6.07, 6.45) is 0.801. The Balaban J connectivity index is 2.90. The quantitative estimate of drug-likeness (QED) is 0.583. The Morgan fingerprint density at radius 2 is 2.00 bits per heavy atom. The van der Waals surface area contributed by atoms with E-state index in [9.17, 15) is 4.79 Å². The van der Waals surface area contributed by atoms with E-state index in [-0.39, 0.29) is 0 Å². The van der Waals surface area contributed by atoms with Gasteiger partial charge in [0.2, 0.25) is 0 Å². The Morgan fingerprint density at radius 1 is 1.33 bits per heavy atom. The van der Waals surface area contributed by atoms with Crippen LogP contribution >= 0.6 is 23.2 Å². The summed E-state index contributed by atoms with van der Waals surface area (Å²) < 4.78 is 1.85. The number of carbonyl (C=O) groups excluding carboxylic acids is 1. The highest BCUT2D eigenvalue weighted by atomic mass is 35.5. The molecule has 0 amide bonds. The normalized spacial score (nSPS) is 11.2. The van der Waals surface area contributed by atoms with Gasteiger partial charge in [-0.2, -0.15) is 0 Å². The first-order valence-electron chi connectivity index (χ1n) is 4.47. The Bertz CT molecular complexity index is 517. The summed E-state index contributed by atoms with van der Waals surface area (Å²) in [5, 5.41) is 0.885. The van der Waals surface area contributed by atoms with Gasteiger partial charge in [-0.05, 0) is 6.07 Å². The van der Waals surface area contributed by atoms with E-state index in [1.54, 1.807) is 0 Å². The van der Waals surface area contributed by atoms with E-state index in [2.05, 4.69) is 0 Å². The van der Waals surface area contributed by atoms with Crippen LogP contribution in [0.5, 0.6) is 0 Å². The van der Waals surface area contributed by atoms with Crippen LogP contribution in [0.15, 0.2) is 24.3 Å². The van der Waals surface area contributed by atoms with E-state index < -0.39 is 4.84 Å². The molecule has 2 rings (SSSR count). The van der Waals surface area contributed by atoms with Crippen LogP contribution in [0.1, 0.15) is 20.9 Å². The molecule has 1 aromatic carbocycles. The molecule has 0 spiro atoms. The molecule has 2 nitrogen and oxygen atoms in total. The van der Waals surface area contributed by atoms with Crippen LogP contribution in [0.25, 0.3) is 10.9 Å². The first kappa shape index (κ1) is 10.5. The van der Waals surface area contributed by atoms with Crippen molar-refractivity contribution in [2.24, 2.45) is 7.05 Å². The second kappa shape index (κ2) is 3.87. The van der Waals surface area contributed by atoms with Crippen LogP contribution in [0.4, 0.5) is 0 Å². The highest BCUT2D eigenvalue weighted by Crippen LogP contribution is 2.33. The minimum atomic E-state index is -0.692. The molecule has 0 aliphatic heterocycles. The standard InChI is InChI=1S/C11H9Cl2NO/c1-14-9-5-3-2-4-7(9)8(6-15)10(14)11(12)13/h2-6,11H,1H3. The van der Waals surface area contributed by atoms with E-state index in [0.29, 0.717) is 11.3 Å². The third-order valence-electron chi connectivity index (χ3n) is 2.52. The van der Waals surface area contributed by atoms with Gasteiger partial charge in [-0.25, -0.2) is 0 Å². The average Bonchev–Trinajstić information content (AvgIpc) is 2.52. The second-order valence-electron chi connectivity index (χ2n) is 3.29. The number of alkyl halides is 2. The average molecular weight is 242 g/mol. The molecule has 1 heterocycles. The molecule has 0 aliphatic rings. The zero-order valence-corrected chi connectivity index (χ0v) is 9.59. The Labute approximate surface area is 97.4 Å². The number of carbonyl (C=O) groups is 1. The summed E-state index contributed by atoms with van der Waals surface area (Å²) in [4.78, 5) is 10.3. The van der Waals surface area contributed by atoms with Crippen molar-refractivity contribution in [1.82, 2.24) is 4.57 Å². The predicted molar refractivity (Wildman–Crippen MR) is 62.8 cm³/mol. The molecule has 0 saturated carbocycles. The molecule has 0 aliphatic carbocycles. The van der Waals surface area contributed by atoms with Crippen LogP contribution in [0, 0.1) is 0 Å². The summed E-state index contributed by atoms with van der Waals surface area (Å²) in [5.74, 6) is 0. The van der Waals surface area contributed by atoms with Crippen molar-refractivity contribution in [3.05, 3.63) is 35.5 Å². The molecule has 0 bridgehead atoms. The number of para-hydroxylation sites is 1. The van der Waals surface area contributed by atoms with Gasteiger partial charge >= 0.3 is 0 Å². The summed E-state index contributed by atoms with van der Waals surface area (Å²) in [6, 6.07) is 7.62. The molecule has 4 heteroatoms. The van der Waals surface area contributed by atoms with Crippen LogP contribution in [-0.4, -0.2) is 10.9 Å². The fourth-order valence-corrected chi connectivity index (χ4v) is 2.36. The minimum Gasteiger partial charge on any atom is -0.345 e. The number of benzene rings is 1. The fourth-order valence-electron chi connectivity index (χ4n) is 1.83. The third-order valence-corrected chi connectivity index (χ3v) is 2.93. The lowest BCUT2D eigenvalue weighted by Gasteiger charge is -2.04. The van der Waals surface area contributed by atoms with Gasteiger partial charge < -0.3 is 4.57 Å². The molecule has 0 saturated heterocycles. The molecule has 2 aromatic rings. The van der Waals surface area contributed by atoms with Crippen LogP contribution in [-0.2, 0) is 7.05 Å². The van der Waals surface area contributed by atoms with Gasteiger partial charge in [-0.3, -0.25) is 4.79 Å². The number of aryl methyl sites for hydroxylation is 1. The second-order valence-corrected chi connectivity index (χ2v) is 4.39. The summed E-state index contributed by atoms with van der Waals surface area (Å²) in [6.45, 7) is 0. The molecule has 1 aromatic heterocycles. The summed E-state index contributed by atoms with van der Waals surface area (Å²) in [7, 11) is 1.85. The van der Waals surface area contributed by atoms with Crippen molar-refractivity contribution in [3.8, 4) is 0 Å². The Kier molecular flexibility index (Phi) is 2.72. The Morgan fingerprint density at radius 3 is 2.60 bits per heavy atom. The van der Waals surface area contributed by atoms with Crippen molar-refractivity contribution in [2.75, 3.05) is 0 Å². The lowest BCUT2D eigenvalue weighted by atomic mass is 10.1. The smallest absolute Gasteiger partial charge is 0.152 e. The van der Waals surface area contributed by atoms with E-state index in [0.717, 1.165) is 17.2 Å². The highest BCUT2D eigenvalue weighted by Gasteiger charge is 2.18. The van der Waals surface area contributed by atoms with Gasteiger partial charge in [0.15, 0.2) is 6.29 Å². The number of nitrogens with zero attached hydrogens (tertiary/aromatic N) is 1. The number of aldehydes is 1. The first-order valence-corrected chi connectivity index (χ1v) is 5.34. The van der Waals surface area contributed by atoms with Gasteiger partial charge in [0.05, 0.1) is 5.69 Å². The molecule has 0 radical (unpaired) electrons. The SMILES string of the molecule is Cn1c(C(Cl)Cl)c(C=O)c2ccccc21. The topological polar surface area (TPSA) is 22.0 Å². The van der Waals surface area contributed by atoms with Crippen LogP contribution in [0.3, 0.4) is 0 Å². The predicted octanol–water partition coefficient (Wildman–Crippen LogP) is 3.47. The number of rotatable bonds is 2. The molecule has 0 N–H and O–H groups in total. The van der Waals surface area contributed by atoms with E-state index in [4.69, 9.17) is 23.2 Å².